The van der Waals surface area contributed by atoms with Crippen LogP contribution >= 0.6 is 27.7 Å². The van der Waals surface area contributed by atoms with Crippen LogP contribution in [0.15, 0.2) is 58.0 Å². The second-order valence-corrected chi connectivity index (χ2v) is 5.77. The molecule has 0 saturated carbocycles. The summed E-state index contributed by atoms with van der Waals surface area (Å²) in [5.41, 5.74) is 0.423. The molecule has 0 atom stereocenters. The Labute approximate surface area is 125 Å². The fourth-order valence-corrected chi connectivity index (χ4v) is 2.71. The predicted molar refractivity (Wildman–Crippen MR) is 81.4 cm³/mol. The summed E-state index contributed by atoms with van der Waals surface area (Å²) in [6, 6.07) is 13.7. The van der Waals surface area contributed by atoms with Gasteiger partial charge in [0.2, 0.25) is 0 Å². The van der Waals surface area contributed by atoms with Gasteiger partial charge in [-0.1, -0.05) is 18.2 Å². The van der Waals surface area contributed by atoms with E-state index in [2.05, 4.69) is 38.4 Å². The van der Waals surface area contributed by atoms with Crippen LogP contribution in [0, 0.1) is 0 Å². The van der Waals surface area contributed by atoms with Crippen molar-refractivity contribution in [2.45, 2.75) is 4.90 Å². The number of nitrogens with zero attached hydrogens (tertiary/aromatic N) is 1. The zero-order valence-corrected chi connectivity index (χ0v) is 12.6. The number of benzene rings is 1. The van der Waals surface area contributed by atoms with Crippen LogP contribution in [-0.2, 0) is 0 Å². The van der Waals surface area contributed by atoms with Crippen molar-refractivity contribution in [1.82, 2.24) is 10.3 Å². The molecule has 98 valence electrons. The van der Waals surface area contributed by atoms with E-state index < -0.39 is 0 Å². The van der Waals surface area contributed by atoms with E-state index in [4.69, 9.17) is 0 Å². The van der Waals surface area contributed by atoms with Crippen LogP contribution in [0.3, 0.4) is 0 Å². The highest BCUT2D eigenvalue weighted by Gasteiger charge is 2.09. The molecule has 1 amide bonds. The molecule has 5 heteroatoms. The van der Waals surface area contributed by atoms with E-state index in [1.54, 1.807) is 30.1 Å². The lowest BCUT2D eigenvalue weighted by Crippen LogP contribution is -2.26. The second-order valence-electron chi connectivity index (χ2n) is 3.75. The summed E-state index contributed by atoms with van der Waals surface area (Å²) in [7, 11) is 0. The zero-order chi connectivity index (χ0) is 13.5. The molecule has 1 N–H and O–H groups in total. The molecule has 0 unspecified atom stereocenters. The summed E-state index contributed by atoms with van der Waals surface area (Å²) in [5.74, 6) is 0.682. The van der Waals surface area contributed by atoms with Crippen LogP contribution in [0.2, 0.25) is 0 Å². The zero-order valence-electron chi connectivity index (χ0n) is 10.2. The highest BCUT2D eigenvalue weighted by Crippen LogP contribution is 2.16. The van der Waals surface area contributed by atoms with Crippen molar-refractivity contribution in [3.05, 3.63) is 58.8 Å². The van der Waals surface area contributed by atoms with E-state index in [1.807, 2.05) is 18.2 Å². The number of halogens is 1. The summed E-state index contributed by atoms with van der Waals surface area (Å²) < 4.78 is 0.711. The molecule has 19 heavy (non-hydrogen) atoms. The van der Waals surface area contributed by atoms with Gasteiger partial charge in [-0.25, -0.2) is 4.98 Å². The molecule has 0 saturated heterocycles. The number of carbonyl (C=O) groups is 1. The molecule has 3 nitrogen and oxygen atoms in total. The van der Waals surface area contributed by atoms with E-state index in [9.17, 15) is 4.79 Å². The topological polar surface area (TPSA) is 42.0 Å². The minimum absolute atomic E-state index is 0.152. The van der Waals surface area contributed by atoms with Gasteiger partial charge in [0, 0.05) is 27.9 Å². The highest BCUT2D eigenvalue weighted by molar-refractivity contribution is 9.10. The third-order valence-electron chi connectivity index (χ3n) is 2.37. The Morgan fingerprint density at radius 2 is 2.00 bits per heavy atom. The van der Waals surface area contributed by atoms with Gasteiger partial charge in [0.1, 0.15) is 5.69 Å². The van der Waals surface area contributed by atoms with Crippen LogP contribution in [-0.4, -0.2) is 23.2 Å². The monoisotopic (exact) mass is 336 g/mol. The summed E-state index contributed by atoms with van der Waals surface area (Å²) in [6.45, 7) is 0.613. The van der Waals surface area contributed by atoms with Gasteiger partial charge in [-0.05, 0) is 40.2 Å². The maximum absolute atomic E-state index is 11.9. The van der Waals surface area contributed by atoms with Crippen molar-refractivity contribution in [1.29, 1.82) is 0 Å². The number of aromatic nitrogens is 1. The summed E-state index contributed by atoms with van der Waals surface area (Å²) in [6.07, 6.45) is 1.61. The summed E-state index contributed by atoms with van der Waals surface area (Å²) in [5, 5.41) is 2.86. The van der Waals surface area contributed by atoms with E-state index >= 15 is 0 Å². The molecule has 0 fully saturated rings. The van der Waals surface area contributed by atoms with E-state index in [0.29, 0.717) is 16.7 Å². The molecule has 1 heterocycles. The second kappa shape index (κ2) is 7.31. The molecule has 1 aromatic heterocycles. The molecular weight excluding hydrogens is 324 g/mol. The molecule has 0 bridgehead atoms. The lowest BCUT2D eigenvalue weighted by molar-refractivity contribution is 0.0950. The van der Waals surface area contributed by atoms with Gasteiger partial charge in [0.15, 0.2) is 0 Å². The van der Waals surface area contributed by atoms with E-state index in [1.165, 1.54) is 4.90 Å². The number of pyridine rings is 1. The number of thioether (sulfide) groups is 1. The number of rotatable bonds is 5. The van der Waals surface area contributed by atoms with Gasteiger partial charge in [-0.2, -0.15) is 0 Å². The Kier molecular flexibility index (Phi) is 5.42. The van der Waals surface area contributed by atoms with E-state index in [-0.39, 0.29) is 5.91 Å². The molecule has 0 aliphatic heterocycles. The van der Waals surface area contributed by atoms with Gasteiger partial charge >= 0.3 is 0 Å². The van der Waals surface area contributed by atoms with Crippen LogP contribution in [0.1, 0.15) is 10.5 Å². The van der Waals surface area contributed by atoms with Gasteiger partial charge in [-0.15, -0.1) is 11.8 Å². The first-order chi connectivity index (χ1) is 9.27. The minimum atomic E-state index is -0.152. The molecule has 0 radical (unpaired) electrons. The van der Waals surface area contributed by atoms with Gasteiger partial charge in [0.05, 0.1) is 0 Å². The van der Waals surface area contributed by atoms with Crippen LogP contribution in [0.4, 0.5) is 0 Å². The van der Waals surface area contributed by atoms with Gasteiger partial charge in [0.25, 0.3) is 5.91 Å². The minimum Gasteiger partial charge on any atom is -0.350 e. The van der Waals surface area contributed by atoms with Crippen molar-refractivity contribution < 1.29 is 4.79 Å². The third-order valence-corrected chi connectivity index (χ3v) is 4.03. The third kappa shape index (κ3) is 4.36. The van der Waals surface area contributed by atoms with Crippen molar-refractivity contribution >= 4 is 33.6 Å². The normalized spacial score (nSPS) is 10.2. The Hall–Kier alpha value is -1.33. The molecule has 0 aliphatic rings. The quantitative estimate of drug-likeness (QED) is 0.672. The van der Waals surface area contributed by atoms with Crippen molar-refractivity contribution in [3.63, 3.8) is 0 Å². The lowest BCUT2D eigenvalue weighted by atomic mass is 10.3. The van der Waals surface area contributed by atoms with E-state index in [0.717, 1.165) is 5.75 Å². The Bertz CT molecular complexity index is 548. The summed E-state index contributed by atoms with van der Waals surface area (Å²) >= 11 is 5.03. The average Bonchev–Trinajstić information content (AvgIpc) is 2.45. The maximum Gasteiger partial charge on any atom is 0.271 e. The van der Waals surface area contributed by atoms with Gasteiger partial charge in [-0.3, -0.25) is 4.79 Å². The maximum atomic E-state index is 11.9. The number of hydrogen-bond donors (Lipinski definition) is 1. The number of nitrogens with one attached hydrogen (secondary N) is 1. The standard InChI is InChI=1S/C14H13BrN2OS/c15-12-7-4-8-16-13(12)14(18)17-9-10-19-11-5-2-1-3-6-11/h1-8H,9-10H2,(H,17,18). The lowest BCUT2D eigenvalue weighted by Gasteiger charge is -2.05. The fraction of sp³-hybridized carbons (Fsp3) is 0.143. The first-order valence-electron chi connectivity index (χ1n) is 5.84. The average molecular weight is 337 g/mol. The molecule has 2 aromatic rings. The Morgan fingerprint density at radius 3 is 2.74 bits per heavy atom. The van der Waals surface area contributed by atoms with Crippen molar-refractivity contribution in [2.75, 3.05) is 12.3 Å². The molecule has 0 aliphatic carbocycles. The molecule has 0 spiro atoms. The fourth-order valence-electron chi connectivity index (χ4n) is 1.49. The molecule has 1 aromatic carbocycles. The number of amides is 1. The summed E-state index contributed by atoms with van der Waals surface area (Å²) in [4.78, 5) is 17.1. The first kappa shape index (κ1) is 14.1. The Balaban J connectivity index is 1.77. The largest absolute Gasteiger partial charge is 0.350 e. The number of carbonyl (C=O) groups excluding carboxylic acids is 1. The SMILES string of the molecule is O=C(NCCSc1ccccc1)c1ncccc1Br. The smallest absolute Gasteiger partial charge is 0.271 e. The Morgan fingerprint density at radius 1 is 1.21 bits per heavy atom. The van der Waals surface area contributed by atoms with Crippen LogP contribution in [0.25, 0.3) is 0 Å². The van der Waals surface area contributed by atoms with Crippen LogP contribution < -0.4 is 5.32 Å². The first-order valence-corrected chi connectivity index (χ1v) is 7.62. The van der Waals surface area contributed by atoms with Crippen molar-refractivity contribution in [3.8, 4) is 0 Å². The molecular formula is C14H13BrN2OS. The highest BCUT2D eigenvalue weighted by atomic mass is 79.9. The van der Waals surface area contributed by atoms with Crippen molar-refractivity contribution in [2.24, 2.45) is 0 Å². The molecule has 2 rings (SSSR count). The van der Waals surface area contributed by atoms with Gasteiger partial charge < -0.3 is 5.32 Å². The van der Waals surface area contributed by atoms with Crippen LogP contribution in [0.5, 0.6) is 0 Å². The predicted octanol–water partition coefficient (Wildman–Crippen LogP) is 3.37. The number of hydrogen-bond acceptors (Lipinski definition) is 3.